The van der Waals surface area contributed by atoms with Gasteiger partial charge in [0.15, 0.2) is 0 Å². The number of benzene rings is 1. The predicted molar refractivity (Wildman–Crippen MR) is 105 cm³/mol. The average Bonchev–Trinajstić information content (AvgIpc) is 2.61. The first-order valence-corrected chi connectivity index (χ1v) is 10.4. The monoisotopic (exact) mass is 374 g/mol. The van der Waals surface area contributed by atoms with Crippen LogP contribution in [0.15, 0.2) is 12.1 Å². The lowest BCUT2D eigenvalue weighted by atomic mass is 10.1. The first-order valence-electron chi connectivity index (χ1n) is 9.30. The van der Waals surface area contributed by atoms with Crippen molar-refractivity contribution in [2.24, 2.45) is 0 Å². The Morgan fingerprint density at radius 3 is 1.42 bits per heavy atom. The first kappa shape index (κ1) is 21.4. The molecule has 0 radical (unpaired) electrons. The topological polar surface area (TPSA) is 18.5 Å². The van der Waals surface area contributed by atoms with Crippen molar-refractivity contribution in [1.29, 1.82) is 0 Å². The Labute approximate surface area is 157 Å². The maximum absolute atomic E-state index is 6.10. The minimum Gasteiger partial charge on any atom is -0.493 e. The maximum atomic E-state index is 6.10. The van der Waals surface area contributed by atoms with Crippen molar-refractivity contribution in [1.82, 2.24) is 0 Å². The van der Waals surface area contributed by atoms with Gasteiger partial charge >= 0.3 is 0 Å². The molecule has 0 amide bonds. The fourth-order valence-electron chi connectivity index (χ4n) is 2.54. The Bertz CT molecular complexity index is 408. The second kappa shape index (κ2) is 13.7. The summed E-state index contributed by atoms with van der Waals surface area (Å²) < 4.78 is 11.9. The van der Waals surface area contributed by atoms with Crippen LogP contribution in [-0.2, 0) is 11.8 Å². The van der Waals surface area contributed by atoms with Gasteiger partial charge in [0.1, 0.15) is 11.5 Å². The van der Waals surface area contributed by atoms with Crippen molar-refractivity contribution in [3.63, 3.8) is 0 Å². The third-order valence-corrected chi connectivity index (χ3v) is 4.62. The summed E-state index contributed by atoms with van der Waals surface area (Å²) in [4.78, 5) is 0. The highest BCUT2D eigenvalue weighted by atomic mass is 35.5. The molecule has 1 aromatic rings. The van der Waals surface area contributed by atoms with Crippen LogP contribution >= 0.6 is 23.2 Å². The van der Waals surface area contributed by atoms with E-state index in [1.807, 2.05) is 12.1 Å². The lowest BCUT2D eigenvalue weighted by Crippen LogP contribution is -2.04. The van der Waals surface area contributed by atoms with Crippen LogP contribution in [0.1, 0.15) is 76.3 Å². The van der Waals surface area contributed by atoms with Crippen molar-refractivity contribution in [2.75, 3.05) is 13.2 Å². The Morgan fingerprint density at radius 1 is 0.667 bits per heavy atom. The quantitative estimate of drug-likeness (QED) is 0.255. The van der Waals surface area contributed by atoms with E-state index < -0.39 is 0 Å². The molecule has 0 N–H and O–H groups in total. The van der Waals surface area contributed by atoms with Crippen LogP contribution in [0.25, 0.3) is 0 Å². The molecular weight excluding hydrogens is 343 g/mol. The Balaban J connectivity index is 2.63. The normalized spacial score (nSPS) is 10.8. The summed E-state index contributed by atoms with van der Waals surface area (Å²) in [6.07, 6.45) is 9.51. The van der Waals surface area contributed by atoms with Gasteiger partial charge in [-0.1, -0.05) is 52.4 Å². The molecule has 1 rings (SSSR count). The van der Waals surface area contributed by atoms with Gasteiger partial charge in [-0.05, 0) is 25.0 Å². The molecule has 24 heavy (non-hydrogen) atoms. The molecule has 0 saturated carbocycles. The zero-order chi connectivity index (χ0) is 17.6. The summed E-state index contributed by atoms with van der Waals surface area (Å²) in [6.45, 7) is 5.87. The molecule has 0 fully saturated rings. The van der Waals surface area contributed by atoms with E-state index in [-0.39, 0.29) is 0 Å². The second-order valence-electron chi connectivity index (χ2n) is 6.15. The van der Waals surface area contributed by atoms with E-state index in [2.05, 4.69) is 13.8 Å². The molecule has 0 aliphatic heterocycles. The molecule has 4 heteroatoms. The summed E-state index contributed by atoms with van der Waals surface area (Å²) >= 11 is 12.2. The van der Waals surface area contributed by atoms with Crippen LogP contribution in [0, 0.1) is 0 Å². The number of unbranched alkanes of at least 4 members (excludes halogenated alkanes) is 6. The van der Waals surface area contributed by atoms with Crippen LogP contribution in [0.3, 0.4) is 0 Å². The van der Waals surface area contributed by atoms with Crippen LogP contribution in [-0.4, -0.2) is 13.2 Å². The summed E-state index contributed by atoms with van der Waals surface area (Å²) in [5.74, 6) is 2.52. The maximum Gasteiger partial charge on any atom is 0.124 e. The molecule has 0 aliphatic carbocycles. The summed E-state index contributed by atoms with van der Waals surface area (Å²) in [5, 5.41) is 0. The standard InChI is InChI=1S/C20H32Cl2O2/c1-3-5-7-9-11-23-19-13-18(16-22)20(14-17(19)15-21)24-12-10-8-6-4-2/h13-14H,3-12,15-16H2,1-2H3. The molecule has 0 unspecified atom stereocenters. The second-order valence-corrected chi connectivity index (χ2v) is 6.69. The van der Waals surface area contributed by atoms with Crippen molar-refractivity contribution in [2.45, 2.75) is 77.0 Å². The van der Waals surface area contributed by atoms with Crippen molar-refractivity contribution < 1.29 is 9.47 Å². The Morgan fingerprint density at radius 2 is 1.08 bits per heavy atom. The minimum atomic E-state index is 0.416. The number of halogens is 2. The van der Waals surface area contributed by atoms with Gasteiger partial charge in [0.2, 0.25) is 0 Å². The Hall–Kier alpha value is -0.600. The molecule has 0 saturated heterocycles. The van der Waals surface area contributed by atoms with Gasteiger partial charge in [-0.2, -0.15) is 0 Å². The van der Waals surface area contributed by atoms with Gasteiger partial charge in [0.25, 0.3) is 0 Å². The molecule has 2 nitrogen and oxygen atoms in total. The molecule has 0 aromatic heterocycles. The van der Waals surface area contributed by atoms with Crippen LogP contribution in [0.2, 0.25) is 0 Å². The zero-order valence-corrected chi connectivity index (χ0v) is 16.7. The molecular formula is C20H32Cl2O2. The number of rotatable bonds is 14. The molecule has 1 aromatic carbocycles. The van der Waals surface area contributed by atoms with E-state index in [1.54, 1.807) is 0 Å². The zero-order valence-electron chi connectivity index (χ0n) is 15.2. The number of hydrogen-bond donors (Lipinski definition) is 0. The molecule has 0 aliphatic rings. The van der Waals surface area contributed by atoms with Gasteiger partial charge in [-0.15, -0.1) is 23.2 Å². The molecule has 0 spiro atoms. The lowest BCUT2D eigenvalue weighted by Gasteiger charge is -2.16. The number of alkyl halides is 2. The average molecular weight is 375 g/mol. The fourth-order valence-corrected chi connectivity index (χ4v) is 2.96. The van der Waals surface area contributed by atoms with E-state index in [1.165, 1.54) is 38.5 Å². The molecule has 0 bridgehead atoms. The lowest BCUT2D eigenvalue weighted by molar-refractivity contribution is 0.293. The van der Waals surface area contributed by atoms with Gasteiger partial charge in [-0.25, -0.2) is 0 Å². The van der Waals surface area contributed by atoms with Crippen LogP contribution in [0.4, 0.5) is 0 Å². The van der Waals surface area contributed by atoms with Gasteiger partial charge in [-0.3, -0.25) is 0 Å². The van der Waals surface area contributed by atoms with Gasteiger partial charge < -0.3 is 9.47 Å². The van der Waals surface area contributed by atoms with Crippen LogP contribution in [0.5, 0.6) is 11.5 Å². The third kappa shape index (κ3) is 7.98. The largest absolute Gasteiger partial charge is 0.493 e. The molecule has 0 atom stereocenters. The highest BCUT2D eigenvalue weighted by molar-refractivity contribution is 6.18. The smallest absolute Gasteiger partial charge is 0.124 e. The minimum absolute atomic E-state index is 0.416. The van der Waals surface area contributed by atoms with Crippen molar-refractivity contribution in [3.05, 3.63) is 23.3 Å². The van der Waals surface area contributed by atoms with E-state index in [4.69, 9.17) is 32.7 Å². The van der Waals surface area contributed by atoms with E-state index >= 15 is 0 Å². The Kier molecular flexibility index (Phi) is 12.2. The third-order valence-electron chi connectivity index (χ3n) is 4.04. The summed E-state index contributed by atoms with van der Waals surface area (Å²) in [6, 6.07) is 3.98. The molecule has 138 valence electrons. The van der Waals surface area contributed by atoms with Gasteiger partial charge in [0.05, 0.1) is 25.0 Å². The van der Waals surface area contributed by atoms with Gasteiger partial charge in [0, 0.05) is 11.1 Å². The fraction of sp³-hybridized carbons (Fsp3) is 0.700. The highest BCUT2D eigenvalue weighted by Crippen LogP contribution is 2.31. The predicted octanol–water partition coefficient (Wildman–Crippen LogP) is 7.08. The number of ether oxygens (including phenoxy) is 2. The summed E-state index contributed by atoms with van der Waals surface area (Å²) in [7, 11) is 0. The number of hydrogen-bond acceptors (Lipinski definition) is 2. The SMILES string of the molecule is CCCCCCOc1cc(CCl)c(OCCCCCC)cc1CCl. The highest BCUT2D eigenvalue weighted by Gasteiger charge is 2.11. The van der Waals surface area contributed by atoms with E-state index in [0.29, 0.717) is 11.8 Å². The summed E-state index contributed by atoms with van der Waals surface area (Å²) in [5.41, 5.74) is 1.95. The first-order chi connectivity index (χ1) is 11.8. The van der Waals surface area contributed by atoms with Crippen molar-refractivity contribution in [3.8, 4) is 11.5 Å². The van der Waals surface area contributed by atoms with E-state index in [0.717, 1.165) is 48.7 Å². The van der Waals surface area contributed by atoms with E-state index in [9.17, 15) is 0 Å². The van der Waals surface area contributed by atoms with Crippen LogP contribution < -0.4 is 9.47 Å². The molecule has 0 heterocycles. The van der Waals surface area contributed by atoms with Crippen molar-refractivity contribution >= 4 is 23.2 Å².